The molecule has 0 unspecified atom stereocenters. The van der Waals surface area contributed by atoms with Crippen LogP contribution < -0.4 is 5.56 Å². The van der Waals surface area contributed by atoms with Crippen LogP contribution in [0, 0.1) is 12.3 Å². The van der Waals surface area contributed by atoms with Gasteiger partial charge in [0.25, 0.3) is 5.56 Å². The maximum atomic E-state index is 12.9. The summed E-state index contributed by atoms with van der Waals surface area (Å²) in [5, 5.41) is 40.8. The van der Waals surface area contributed by atoms with E-state index in [-0.39, 0.29) is 96.7 Å². The number of aromatic nitrogens is 2. The van der Waals surface area contributed by atoms with Crippen molar-refractivity contribution in [3.63, 3.8) is 0 Å². The third-order valence-electron chi connectivity index (χ3n) is 8.88. The van der Waals surface area contributed by atoms with Crippen molar-refractivity contribution in [1.29, 1.82) is 0 Å². The van der Waals surface area contributed by atoms with Gasteiger partial charge in [-0.15, -0.1) is 19.1 Å². The fraction of sp³-hybridized carbons (Fsp3) is 0.514. The summed E-state index contributed by atoms with van der Waals surface area (Å²) in [5.41, 5.74) is 10.7. The number of carboxylic acid groups (broad SMARTS) is 3. The number of aliphatic carboxylic acids is 2. The average molecular weight is 967 g/mol. The minimum atomic E-state index is -1.58. The van der Waals surface area contributed by atoms with Crippen molar-refractivity contribution in [1.82, 2.24) is 9.55 Å². The zero-order valence-electron chi connectivity index (χ0n) is 29.5. The van der Waals surface area contributed by atoms with Gasteiger partial charge in [-0.2, -0.15) is 0 Å². The topological polar surface area (TPSA) is 248 Å². The van der Waals surface area contributed by atoms with Gasteiger partial charge in [0.1, 0.15) is 12.4 Å². The van der Waals surface area contributed by atoms with Crippen LogP contribution in [0.5, 0.6) is 5.75 Å². The summed E-state index contributed by atoms with van der Waals surface area (Å²) in [6.07, 6.45) is 5.82. The van der Waals surface area contributed by atoms with Crippen molar-refractivity contribution in [2.75, 3.05) is 13.1 Å². The van der Waals surface area contributed by atoms with Gasteiger partial charge in [0.05, 0.1) is 29.0 Å². The summed E-state index contributed by atoms with van der Waals surface area (Å²) >= 11 is 0. The number of phenolic OH excluding ortho intramolecular Hbond substituents is 1. The SMILES string of the molecule is CC.CCc1c2c(nc3ccc(O)cc13)-c1cc(C)c(COC(=O)O)c(=O)n1C2.O=C(O)C1(C(=O)O)CC[N-]CC1.[NH-]C1CCCCC1.[NH2-].[Pt+2].[Y]. The molecule has 0 atom stereocenters. The quantitative estimate of drug-likeness (QED) is 0.113. The predicted octanol–water partition coefficient (Wildman–Crippen LogP) is 7.62. The van der Waals surface area contributed by atoms with Gasteiger partial charge >= 0.3 is 39.2 Å². The Kier molecular flexibility index (Phi) is 21.2. The molecule has 0 spiro atoms. The van der Waals surface area contributed by atoms with Crippen molar-refractivity contribution in [2.24, 2.45) is 5.41 Å². The second-order valence-electron chi connectivity index (χ2n) is 11.8. The smallest absolute Gasteiger partial charge is 0.693 e. The Balaban J connectivity index is 0.000000869. The number of hydrogen-bond donors (Lipinski definition) is 4. The Morgan fingerprint density at radius 3 is 2.08 bits per heavy atom. The monoisotopic (exact) mass is 966 g/mol. The Morgan fingerprint density at radius 1 is 1.02 bits per heavy atom. The fourth-order valence-corrected chi connectivity index (χ4v) is 6.17. The summed E-state index contributed by atoms with van der Waals surface area (Å²) in [4.78, 5) is 49.8. The zero-order chi connectivity index (χ0) is 35.6. The van der Waals surface area contributed by atoms with Crippen LogP contribution in [-0.2, 0) is 87.7 Å². The Bertz CT molecular complexity index is 1670. The molecule has 6 rings (SSSR count). The normalized spacial score (nSPS) is 15.1. The van der Waals surface area contributed by atoms with Gasteiger partial charge in [0.2, 0.25) is 0 Å². The molecule has 2 aliphatic heterocycles. The molecule has 1 saturated carbocycles. The number of carboxylic acids is 2. The molecule has 1 aromatic carbocycles. The number of aryl methyl sites for hydroxylation is 2. The molecule has 0 bridgehead atoms. The van der Waals surface area contributed by atoms with Gasteiger partial charge in [-0.05, 0) is 61.6 Å². The van der Waals surface area contributed by atoms with E-state index in [2.05, 4.69) is 10.1 Å². The number of benzene rings is 1. The average Bonchev–Trinajstić information content (AvgIpc) is 3.43. The van der Waals surface area contributed by atoms with Crippen molar-refractivity contribution >= 4 is 29.0 Å². The number of aromatic hydroxyl groups is 1. The number of phenols is 1. The van der Waals surface area contributed by atoms with Gasteiger partial charge in [-0.3, -0.25) is 14.4 Å². The minimum Gasteiger partial charge on any atom is -0.693 e. The first-order chi connectivity index (χ1) is 22.9. The molecule has 2 aromatic heterocycles. The molecule has 281 valence electrons. The molecule has 3 aromatic rings. The second kappa shape index (κ2) is 22.4. The Hall–Kier alpha value is -2.74. The van der Waals surface area contributed by atoms with Gasteiger partial charge < -0.3 is 46.9 Å². The number of hydrogen-bond acceptors (Lipinski definition) is 7. The maximum absolute atomic E-state index is 12.9. The number of rotatable bonds is 5. The van der Waals surface area contributed by atoms with Gasteiger partial charge in [-0.25, -0.2) is 9.78 Å². The van der Waals surface area contributed by atoms with Crippen LogP contribution in [0.25, 0.3) is 39.5 Å². The molecule has 4 heterocycles. The molecule has 1 saturated heterocycles. The minimum absolute atomic E-state index is 0. The molecular formula is C35H48N5O9PtY-. The zero-order valence-corrected chi connectivity index (χ0v) is 34.6. The summed E-state index contributed by atoms with van der Waals surface area (Å²) in [5.74, 6) is -2.31. The van der Waals surface area contributed by atoms with Gasteiger partial charge in [0.15, 0.2) is 5.41 Å². The van der Waals surface area contributed by atoms with E-state index in [0.29, 0.717) is 30.8 Å². The number of nitrogens with zero attached hydrogens (tertiary/aromatic N) is 3. The molecule has 16 heteroatoms. The summed E-state index contributed by atoms with van der Waals surface area (Å²) in [6.45, 7) is 8.55. The number of ether oxygens (including phenoxy) is 1. The number of fused-ring (bicyclic) bond motifs is 4. The fourth-order valence-electron chi connectivity index (χ4n) is 6.17. The summed E-state index contributed by atoms with van der Waals surface area (Å²) in [6, 6.07) is 7.21. The van der Waals surface area contributed by atoms with E-state index in [1.54, 1.807) is 29.7 Å². The van der Waals surface area contributed by atoms with E-state index >= 15 is 0 Å². The molecule has 14 nitrogen and oxygen atoms in total. The maximum Gasteiger partial charge on any atom is 2.00 e. The molecule has 0 amide bonds. The van der Waals surface area contributed by atoms with E-state index in [4.69, 9.17) is 26.0 Å². The van der Waals surface area contributed by atoms with Crippen LogP contribution in [0.3, 0.4) is 0 Å². The van der Waals surface area contributed by atoms with Gasteiger partial charge in [0, 0.05) is 43.7 Å². The third kappa shape index (κ3) is 11.6. The van der Waals surface area contributed by atoms with E-state index < -0.39 is 23.5 Å². The predicted molar refractivity (Wildman–Crippen MR) is 187 cm³/mol. The van der Waals surface area contributed by atoms with Crippen LogP contribution >= 0.6 is 0 Å². The number of pyridine rings is 2. The van der Waals surface area contributed by atoms with E-state index in [1.807, 2.05) is 26.8 Å². The number of carbonyl (C=O) groups is 3. The number of piperidine rings is 1. The number of nitrogens with two attached hydrogens (primary N) is 1. The van der Waals surface area contributed by atoms with E-state index in [1.165, 1.54) is 19.3 Å². The van der Waals surface area contributed by atoms with Crippen LogP contribution in [0.4, 0.5) is 4.79 Å². The number of nitrogens with one attached hydrogen (secondary N) is 1. The van der Waals surface area contributed by atoms with Gasteiger partial charge in [-0.1, -0.05) is 52.9 Å². The molecule has 2 fully saturated rings. The van der Waals surface area contributed by atoms with Crippen molar-refractivity contribution < 1.29 is 93.3 Å². The summed E-state index contributed by atoms with van der Waals surface area (Å²) < 4.78 is 6.22. The second-order valence-corrected chi connectivity index (χ2v) is 11.8. The van der Waals surface area contributed by atoms with Crippen LogP contribution in [-0.4, -0.2) is 67.2 Å². The molecule has 3 aliphatic rings. The first kappa shape index (κ1) is 48.3. The first-order valence-corrected chi connectivity index (χ1v) is 16.4. The van der Waals surface area contributed by atoms with Crippen LogP contribution in [0.2, 0.25) is 0 Å². The molecule has 51 heavy (non-hydrogen) atoms. The first-order valence-electron chi connectivity index (χ1n) is 16.4. The standard InChI is InChI=1S/C20H18N2O5.C7H10NO4.C6H12N.C2H6.H2N.Pt.Y/c1-3-12-13-7-11(23)4-5-16(13)21-18-14(12)8-22-17(18)6-10(2)15(19(22)24)9-27-20(25)26;9-5(10)7(6(11)12)1-3-8-4-2-7;7-6-4-2-1-3-5-6;1-2;;;/h4-7,23H,3,8-9H2,1-2H3,(H,25,26);1-4H2,(H,9,10)(H,11,12);6-7H,1-5H2;1-2H3;1H2;;/q;2*-1;;-1;+2;. The van der Waals surface area contributed by atoms with Crippen LogP contribution in [0.15, 0.2) is 29.1 Å². The molecule has 7 N–H and O–H groups in total. The van der Waals surface area contributed by atoms with E-state index in [0.717, 1.165) is 52.7 Å². The summed E-state index contributed by atoms with van der Waals surface area (Å²) in [7, 11) is 0. The largest absolute Gasteiger partial charge is 2.00 e. The Labute approximate surface area is 337 Å². The Morgan fingerprint density at radius 2 is 1.61 bits per heavy atom. The van der Waals surface area contributed by atoms with Crippen molar-refractivity contribution in [3.05, 3.63) is 74.1 Å². The third-order valence-corrected chi connectivity index (χ3v) is 8.88. The molecule has 1 radical (unpaired) electrons. The molecule has 1 aliphatic carbocycles. The van der Waals surface area contributed by atoms with Crippen LogP contribution in [0.1, 0.15) is 88.0 Å². The van der Waals surface area contributed by atoms with Crippen molar-refractivity contribution in [2.45, 2.75) is 98.3 Å². The van der Waals surface area contributed by atoms with Crippen molar-refractivity contribution in [3.8, 4) is 17.1 Å². The van der Waals surface area contributed by atoms with E-state index in [9.17, 15) is 24.3 Å². The molecular weight excluding hydrogens is 918 g/mol.